The van der Waals surface area contributed by atoms with Gasteiger partial charge in [-0.3, -0.25) is 9.69 Å². The van der Waals surface area contributed by atoms with Gasteiger partial charge in [0, 0.05) is 32.4 Å². The first-order valence-corrected chi connectivity index (χ1v) is 4.07. The van der Waals surface area contributed by atoms with Crippen LogP contribution in [0.4, 0.5) is 5.95 Å². The van der Waals surface area contributed by atoms with E-state index in [1.165, 1.54) is 0 Å². The van der Waals surface area contributed by atoms with Crippen LogP contribution in [-0.2, 0) is 11.3 Å². The van der Waals surface area contributed by atoms with Crippen molar-refractivity contribution < 1.29 is 4.79 Å². The maximum atomic E-state index is 11.3. The summed E-state index contributed by atoms with van der Waals surface area (Å²) < 4.78 is 2.00. The molecule has 0 saturated heterocycles. The summed E-state index contributed by atoms with van der Waals surface area (Å²) in [5, 5.41) is 0. The molecule has 1 aliphatic rings. The molecular weight excluding hydrogens is 154 g/mol. The van der Waals surface area contributed by atoms with Crippen LogP contribution in [0.15, 0.2) is 12.4 Å². The molecule has 1 amide bonds. The topological polar surface area (TPSA) is 38.1 Å². The fourth-order valence-corrected chi connectivity index (χ4v) is 1.45. The van der Waals surface area contributed by atoms with Gasteiger partial charge >= 0.3 is 0 Å². The minimum atomic E-state index is 0.153. The number of rotatable bonds is 0. The predicted molar refractivity (Wildman–Crippen MR) is 44.9 cm³/mol. The van der Waals surface area contributed by atoms with Gasteiger partial charge in [-0.05, 0) is 6.42 Å². The van der Waals surface area contributed by atoms with Gasteiger partial charge in [0.25, 0.3) is 0 Å². The fraction of sp³-hybridized carbons (Fsp3) is 0.500. The number of fused-ring (bicyclic) bond motifs is 1. The number of carbonyl (C=O) groups is 1. The molecule has 0 atom stereocenters. The van der Waals surface area contributed by atoms with Crippen LogP contribution in [0.5, 0.6) is 0 Å². The molecule has 1 aromatic heterocycles. The zero-order valence-corrected chi connectivity index (χ0v) is 7.03. The first-order valence-electron chi connectivity index (χ1n) is 4.07. The van der Waals surface area contributed by atoms with E-state index in [1.54, 1.807) is 18.1 Å². The van der Waals surface area contributed by atoms with Crippen LogP contribution in [0.1, 0.15) is 12.8 Å². The standard InChI is InChI=1S/C8H11N3O/c1-10-7(12)3-2-5-11-6-4-9-8(10)11/h4,6H,2-3,5H2,1H3. The van der Waals surface area contributed by atoms with Crippen molar-refractivity contribution in [3.8, 4) is 0 Å². The Morgan fingerprint density at radius 2 is 2.42 bits per heavy atom. The summed E-state index contributed by atoms with van der Waals surface area (Å²) in [6.45, 7) is 0.894. The molecule has 4 heteroatoms. The normalized spacial score (nSPS) is 17.4. The average Bonchev–Trinajstić information content (AvgIpc) is 2.46. The fourth-order valence-electron chi connectivity index (χ4n) is 1.45. The molecule has 0 radical (unpaired) electrons. The lowest BCUT2D eigenvalue weighted by molar-refractivity contribution is -0.118. The van der Waals surface area contributed by atoms with Gasteiger partial charge in [0.05, 0.1) is 0 Å². The van der Waals surface area contributed by atoms with Crippen LogP contribution in [0.2, 0.25) is 0 Å². The molecule has 2 rings (SSSR count). The number of hydrogen-bond acceptors (Lipinski definition) is 2. The summed E-state index contributed by atoms with van der Waals surface area (Å²) in [6, 6.07) is 0. The number of carbonyl (C=O) groups excluding carboxylic acids is 1. The van der Waals surface area contributed by atoms with Gasteiger partial charge < -0.3 is 4.57 Å². The number of amides is 1. The Balaban J connectivity index is 2.41. The van der Waals surface area contributed by atoms with Crippen molar-refractivity contribution in [3.05, 3.63) is 12.4 Å². The third kappa shape index (κ3) is 0.995. The monoisotopic (exact) mass is 165 g/mol. The molecule has 4 nitrogen and oxygen atoms in total. The lowest BCUT2D eigenvalue weighted by Crippen LogP contribution is -2.26. The van der Waals surface area contributed by atoms with E-state index >= 15 is 0 Å². The van der Waals surface area contributed by atoms with Crippen molar-refractivity contribution in [3.63, 3.8) is 0 Å². The molecule has 0 unspecified atom stereocenters. The molecule has 0 saturated carbocycles. The molecule has 12 heavy (non-hydrogen) atoms. The first kappa shape index (κ1) is 7.34. The average molecular weight is 165 g/mol. The van der Waals surface area contributed by atoms with Gasteiger partial charge in [-0.1, -0.05) is 0 Å². The van der Waals surface area contributed by atoms with Crippen LogP contribution in [0, 0.1) is 0 Å². The highest BCUT2D eigenvalue weighted by molar-refractivity contribution is 5.91. The number of hydrogen-bond donors (Lipinski definition) is 0. The molecule has 2 heterocycles. The molecule has 1 aromatic rings. The highest BCUT2D eigenvalue weighted by Crippen LogP contribution is 2.16. The van der Waals surface area contributed by atoms with Gasteiger partial charge in [-0.2, -0.15) is 0 Å². The van der Waals surface area contributed by atoms with E-state index in [4.69, 9.17) is 0 Å². The van der Waals surface area contributed by atoms with Crippen LogP contribution >= 0.6 is 0 Å². The number of aromatic nitrogens is 2. The molecule has 0 aliphatic carbocycles. The Morgan fingerprint density at radius 3 is 3.25 bits per heavy atom. The first-order chi connectivity index (χ1) is 5.79. The molecule has 0 spiro atoms. The van der Waals surface area contributed by atoms with Crippen LogP contribution in [0.25, 0.3) is 0 Å². The van der Waals surface area contributed by atoms with Crippen molar-refractivity contribution in [2.75, 3.05) is 11.9 Å². The van der Waals surface area contributed by atoms with Gasteiger partial charge in [0.2, 0.25) is 11.9 Å². The summed E-state index contributed by atoms with van der Waals surface area (Å²) >= 11 is 0. The molecule has 1 aliphatic heterocycles. The summed E-state index contributed by atoms with van der Waals surface area (Å²) in [4.78, 5) is 17.1. The van der Waals surface area contributed by atoms with Crippen molar-refractivity contribution in [1.82, 2.24) is 9.55 Å². The van der Waals surface area contributed by atoms with Gasteiger partial charge in [0.15, 0.2) is 0 Å². The van der Waals surface area contributed by atoms with Crippen molar-refractivity contribution in [2.24, 2.45) is 0 Å². The lowest BCUT2D eigenvalue weighted by Gasteiger charge is -2.12. The second-order valence-electron chi connectivity index (χ2n) is 2.98. The van der Waals surface area contributed by atoms with E-state index in [0.717, 1.165) is 18.9 Å². The highest BCUT2D eigenvalue weighted by atomic mass is 16.2. The minimum Gasteiger partial charge on any atom is -0.317 e. The maximum Gasteiger partial charge on any atom is 0.229 e. The smallest absolute Gasteiger partial charge is 0.229 e. The van der Waals surface area contributed by atoms with E-state index in [9.17, 15) is 4.79 Å². The second kappa shape index (κ2) is 2.62. The van der Waals surface area contributed by atoms with Gasteiger partial charge in [0.1, 0.15) is 0 Å². The quantitative estimate of drug-likeness (QED) is 0.565. The number of aryl methyl sites for hydroxylation is 1. The molecular formula is C8H11N3O. The lowest BCUT2D eigenvalue weighted by atomic mass is 10.3. The summed E-state index contributed by atoms with van der Waals surface area (Å²) in [6.07, 6.45) is 5.17. The van der Waals surface area contributed by atoms with Crippen LogP contribution in [0.3, 0.4) is 0 Å². The molecule has 0 bridgehead atoms. The van der Waals surface area contributed by atoms with E-state index in [0.29, 0.717) is 6.42 Å². The second-order valence-corrected chi connectivity index (χ2v) is 2.98. The number of nitrogens with zero attached hydrogens (tertiary/aromatic N) is 3. The van der Waals surface area contributed by atoms with E-state index in [-0.39, 0.29) is 5.91 Å². The number of imidazole rings is 1. The molecule has 0 aromatic carbocycles. The minimum absolute atomic E-state index is 0.153. The Morgan fingerprint density at radius 1 is 1.58 bits per heavy atom. The Kier molecular flexibility index (Phi) is 1.60. The van der Waals surface area contributed by atoms with E-state index in [2.05, 4.69) is 4.98 Å². The van der Waals surface area contributed by atoms with E-state index < -0.39 is 0 Å². The molecule has 0 fully saturated rings. The predicted octanol–water partition coefficient (Wildman–Crippen LogP) is 0.640. The largest absolute Gasteiger partial charge is 0.317 e. The molecule has 64 valence electrons. The summed E-state index contributed by atoms with van der Waals surface area (Å²) in [5.74, 6) is 0.914. The van der Waals surface area contributed by atoms with Crippen molar-refractivity contribution in [2.45, 2.75) is 19.4 Å². The van der Waals surface area contributed by atoms with E-state index in [1.807, 2.05) is 10.8 Å². The SMILES string of the molecule is CN1C(=O)CCCn2ccnc21. The van der Waals surface area contributed by atoms with Crippen LogP contribution in [-0.4, -0.2) is 22.5 Å². The third-order valence-corrected chi connectivity index (χ3v) is 2.16. The zero-order chi connectivity index (χ0) is 8.55. The third-order valence-electron chi connectivity index (χ3n) is 2.16. The molecule has 0 N–H and O–H groups in total. The number of anilines is 1. The summed E-state index contributed by atoms with van der Waals surface area (Å²) in [5.41, 5.74) is 0. The maximum absolute atomic E-state index is 11.3. The van der Waals surface area contributed by atoms with Gasteiger partial charge in [-0.25, -0.2) is 4.98 Å². The van der Waals surface area contributed by atoms with Crippen LogP contribution < -0.4 is 4.90 Å². The zero-order valence-electron chi connectivity index (χ0n) is 7.03. The van der Waals surface area contributed by atoms with Crippen molar-refractivity contribution >= 4 is 11.9 Å². The summed E-state index contributed by atoms with van der Waals surface area (Å²) in [7, 11) is 1.77. The Labute approximate surface area is 70.8 Å². The highest BCUT2D eigenvalue weighted by Gasteiger charge is 2.18. The Bertz CT molecular complexity index is 305. The Hall–Kier alpha value is -1.32. The van der Waals surface area contributed by atoms with Gasteiger partial charge in [-0.15, -0.1) is 0 Å². The van der Waals surface area contributed by atoms with Crippen molar-refractivity contribution in [1.29, 1.82) is 0 Å².